The van der Waals surface area contributed by atoms with Gasteiger partial charge in [-0.25, -0.2) is 9.67 Å². The van der Waals surface area contributed by atoms with Gasteiger partial charge in [-0.3, -0.25) is 4.90 Å². The van der Waals surface area contributed by atoms with Gasteiger partial charge in [0.2, 0.25) is 0 Å². The molecule has 0 spiro atoms. The third-order valence-corrected chi connectivity index (χ3v) is 4.74. The summed E-state index contributed by atoms with van der Waals surface area (Å²) in [7, 11) is 0. The molecule has 7 heteroatoms. The number of hydrogen-bond donors (Lipinski definition) is 0. The molecule has 1 fully saturated rings. The highest BCUT2D eigenvalue weighted by molar-refractivity contribution is 5.28. The maximum Gasteiger partial charge on any atom is 0.147 e. The maximum atomic E-state index is 4.64. The molecule has 3 heterocycles. The van der Waals surface area contributed by atoms with Crippen molar-refractivity contribution >= 4 is 0 Å². The zero-order chi connectivity index (χ0) is 17.2. The van der Waals surface area contributed by atoms with Gasteiger partial charge < -0.3 is 0 Å². The molecule has 3 aromatic rings. The topological polar surface area (TPSA) is 64.7 Å². The molecule has 0 amide bonds. The summed E-state index contributed by atoms with van der Waals surface area (Å²) < 4.78 is 2.03. The molecule has 130 valence electrons. The summed E-state index contributed by atoms with van der Waals surface area (Å²) in [6, 6.07) is 10.5. The van der Waals surface area contributed by atoms with Gasteiger partial charge in [0.1, 0.15) is 11.6 Å². The number of likely N-dealkylation sites (tertiary alicyclic amines) is 1. The fourth-order valence-electron chi connectivity index (χ4n) is 3.50. The highest BCUT2D eigenvalue weighted by Gasteiger charge is 2.26. The number of aromatic nitrogens is 6. The minimum absolute atomic E-state index is 0.474. The third kappa shape index (κ3) is 3.46. The van der Waals surface area contributed by atoms with Crippen LogP contribution in [0.3, 0.4) is 0 Å². The van der Waals surface area contributed by atoms with Crippen molar-refractivity contribution in [1.82, 2.24) is 34.7 Å². The van der Waals surface area contributed by atoms with Crippen LogP contribution in [0.5, 0.6) is 0 Å². The summed E-state index contributed by atoms with van der Waals surface area (Å²) in [4.78, 5) is 8.59. The average molecular weight is 337 g/mol. The highest BCUT2D eigenvalue weighted by Crippen LogP contribution is 2.21. The predicted octanol–water partition coefficient (Wildman–Crippen LogP) is 2.14. The van der Waals surface area contributed by atoms with E-state index in [0.717, 1.165) is 42.7 Å². The largest absolute Gasteiger partial charge is 0.293 e. The van der Waals surface area contributed by atoms with E-state index in [4.69, 9.17) is 0 Å². The molecule has 1 aromatic carbocycles. The molecule has 1 aliphatic heterocycles. The van der Waals surface area contributed by atoms with E-state index in [1.807, 2.05) is 55.1 Å². The monoisotopic (exact) mass is 337 g/mol. The van der Waals surface area contributed by atoms with Crippen LogP contribution in [0.25, 0.3) is 5.69 Å². The van der Waals surface area contributed by atoms with E-state index in [-0.39, 0.29) is 0 Å². The molecule has 0 N–H and O–H groups in total. The molecule has 2 aromatic heterocycles. The van der Waals surface area contributed by atoms with Gasteiger partial charge in [-0.2, -0.15) is 20.1 Å². The van der Waals surface area contributed by atoms with Gasteiger partial charge >= 0.3 is 0 Å². The Bertz CT molecular complexity index is 836. The average Bonchev–Trinajstić information content (AvgIpc) is 3.32. The first-order valence-electron chi connectivity index (χ1n) is 8.78. The molecule has 4 rings (SSSR count). The van der Waals surface area contributed by atoms with Crippen LogP contribution in [0.1, 0.15) is 30.2 Å². The normalized spacial score (nSPS) is 18.1. The first-order chi connectivity index (χ1) is 12.2. The maximum absolute atomic E-state index is 4.64. The van der Waals surface area contributed by atoms with E-state index < -0.39 is 0 Å². The van der Waals surface area contributed by atoms with Crippen LogP contribution in [-0.4, -0.2) is 47.2 Å². The van der Waals surface area contributed by atoms with Gasteiger partial charge in [0.15, 0.2) is 0 Å². The molecule has 25 heavy (non-hydrogen) atoms. The van der Waals surface area contributed by atoms with Crippen LogP contribution in [-0.2, 0) is 13.1 Å². The predicted molar refractivity (Wildman–Crippen MR) is 94.3 cm³/mol. The van der Waals surface area contributed by atoms with Crippen LogP contribution in [0.4, 0.5) is 0 Å². The van der Waals surface area contributed by atoms with E-state index in [2.05, 4.69) is 25.2 Å². The summed E-state index contributed by atoms with van der Waals surface area (Å²) in [5, 5.41) is 13.5. The third-order valence-electron chi connectivity index (χ3n) is 4.74. The van der Waals surface area contributed by atoms with Crippen molar-refractivity contribution in [3.8, 4) is 5.69 Å². The Labute approximate surface area is 147 Å². The number of nitrogens with zero attached hydrogens (tertiary/aromatic N) is 7. The number of rotatable bonds is 5. The molecule has 1 aliphatic rings. The lowest BCUT2D eigenvalue weighted by Crippen LogP contribution is -2.33. The Morgan fingerprint density at radius 2 is 1.96 bits per heavy atom. The van der Waals surface area contributed by atoms with E-state index in [9.17, 15) is 0 Å². The number of para-hydroxylation sites is 1. The molecular formula is C18H23N7. The Kier molecular flexibility index (Phi) is 4.31. The summed E-state index contributed by atoms with van der Waals surface area (Å²) >= 11 is 0. The summed E-state index contributed by atoms with van der Waals surface area (Å²) in [5.74, 6) is 1.83. The quantitative estimate of drug-likeness (QED) is 0.714. The molecule has 7 nitrogen and oxygen atoms in total. The second kappa shape index (κ2) is 6.76. The molecule has 0 radical (unpaired) electrons. The SMILES string of the molecule is Cc1nc(C)n(C[C@@H]2CCCN2Cc2cnn(-c3ccccc3)n2)n1. The van der Waals surface area contributed by atoms with Gasteiger partial charge in [-0.05, 0) is 45.4 Å². The minimum atomic E-state index is 0.474. The summed E-state index contributed by atoms with van der Waals surface area (Å²) in [6.07, 6.45) is 4.27. The van der Waals surface area contributed by atoms with Gasteiger partial charge in [-0.1, -0.05) is 18.2 Å². The van der Waals surface area contributed by atoms with Crippen molar-refractivity contribution < 1.29 is 0 Å². The van der Waals surface area contributed by atoms with Crippen LogP contribution in [0.15, 0.2) is 36.5 Å². The van der Waals surface area contributed by atoms with Gasteiger partial charge in [0.25, 0.3) is 0 Å². The molecular weight excluding hydrogens is 314 g/mol. The second-order valence-electron chi connectivity index (χ2n) is 6.62. The van der Waals surface area contributed by atoms with Crippen molar-refractivity contribution in [3.63, 3.8) is 0 Å². The zero-order valence-corrected chi connectivity index (χ0v) is 14.7. The van der Waals surface area contributed by atoms with Crippen molar-refractivity contribution in [3.05, 3.63) is 53.9 Å². The molecule has 1 atom stereocenters. The number of benzene rings is 1. The Morgan fingerprint density at radius 3 is 2.72 bits per heavy atom. The smallest absolute Gasteiger partial charge is 0.147 e. The summed E-state index contributed by atoms with van der Waals surface area (Å²) in [6.45, 7) is 6.77. The fraction of sp³-hybridized carbons (Fsp3) is 0.444. The van der Waals surface area contributed by atoms with Crippen LogP contribution in [0, 0.1) is 13.8 Å². The molecule has 0 unspecified atom stereocenters. The van der Waals surface area contributed by atoms with Gasteiger partial charge in [-0.15, -0.1) is 0 Å². The lowest BCUT2D eigenvalue weighted by atomic mass is 10.2. The van der Waals surface area contributed by atoms with E-state index in [0.29, 0.717) is 6.04 Å². The Morgan fingerprint density at radius 1 is 1.12 bits per heavy atom. The lowest BCUT2D eigenvalue weighted by molar-refractivity contribution is 0.215. The Hall–Kier alpha value is -2.54. The number of aryl methyl sites for hydroxylation is 2. The molecule has 0 saturated carbocycles. The van der Waals surface area contributed by atoms with Crippen LogP contribution in [0.2, 0.25) is 0 Å². The van der Waals surface area contributed by atoms with Crippen molar-refractivity contribution in [1.29, 1.82) is 0 Å². The first-order valence-corrected chi connectivity index (χ1v) is 8.78. The minimum Gasteiger partial charge on any atom is -0.293 e. The standard InChI is InChI=1S/C18H23N7/c1-14-20-15(2)24(21-14)13-18-9-6-10-23(18)12-16-11-19-25(22-16)17-7-4-3-5-8-17/h3-5,7-8,11,18H,6,9-10,12-13H2,1-2H3/t18-/m0/s1. The molecule has 1 saturated heterocycles. The van der Waals surface area contributed by atoms with Gasteiger partial charge in [0.05, 0.1) is 24.1 Å². The van der Waals surface area contributed by atoms with Crippen molar-refractivity contribution in [2.75, 3.05) is 6.54 Å². The highest BCUT2D eigenvalue weighted by atomic mass is 15.5. The molecule has 0 aliphatic carbocycles. The van der Waals surface area contributed by atoms with E-state index in [1.54, 1.807) is 4.80 Å². The van der Waals surface area contributed by atoms with Crippen LogP contribution >= 0.6 is 0 Å². The van der Waals surface area contributed by atoms with Crippen LogP contribution < -0.4 is 0 Å². The molecule has 0 bridgehead atoms. The zero-order valence-electron chi connectivity index (χ0n) is 14.7. The number of hydrogen-bond acceptors (Lipinski definition) is 5. The summed E-state index contributed by atoms with van der Waals surface area (Å²) in [5.41, 5.74) is 1.99. The van der Waals surface area contributed by atoms with Gasteiger partial charge in [0, 0.05) is 12.6 Å². The van der Waals surface area contributed by atoms with Crippen molar-refractivity contribution in [2.24, 2.45) is 0 Å². The Balaban J connectivity index is 1.45. The first kappa shape index (κ1) is 16.0. The van der Waals surface area contributed by atoms with E-state index in [1.165, 1.54) is 12.8 Å². The van der Waals surface area contributed by atoms with E-state index >= 15 is 0 Å². The fourth-order valence-corrected chi connectivity index (χ4v) is 3.50. The van der Waals surface area contributed by atoms with Crippen molar-refractivity contribution in [2.45, 2.75) is 45.8 Å². The lowest BCUT2D eigenvalue weighted by Gasteiger charge is -2.23. The second-order valence-corrected chi connectivity index (χ2v) is 6.62.